The first-order chi connectivity index (χ1) is 18.9. The second-order valence-corrected chi connectivity index (χ2v) is 11.5. The highest BCUT2D eigenvalue weighted by atomic mass is 32.2. The van der Waals surface area contributed by atoms with Gasteiger partial charge in [-0.3, -0.25) is 19.3 Å². The standard InChI is InChI=1S/C23H23F3N6O6S2/c24-23(25,26)9-31-6-10(18(31)34)5-11-7-39-20-15(19(35)32(20)16(11)21(36)37)29-17(33)14(13-8-40-22(27)28-13)30-38-12-3-1-2-4-12/h5,8,12,15,20H,1-4,6-7,9H2,(H2,27,28)(H,29,33)(H,36,37)/b10-5+,30-14-/t15-,20-/m1/s1. The van der Waals surface area contributed by atoms with Crippen molar-refractivity contribution in [3.63, 3.8) is 0 Å². The first kappa shape index (κ1) is 27.9. The van der Waals surface area contributed by atoms with Crippen LogP contribution in [0.5, 0.6) is 0 Å². The number of allylic oxidation sites excluding steroid dienone is 1. The lowest BCUT2D eigenvalue weighted by molar-refractivity contribution is -0.164. The van der Waals surface area contributed by atoms with Crippen LogP contribution in [-0.2, 0) is 24.0 Å². The van der Waals surface area contributed by atoms with Gasteiger partial charge < -0.3 is 25.9 Å². The molecule has 12 nitrogen and oxygen atoms in total. The number of thioether (sulfide) groups is 1. The van der Waals surface area contributed by atoms with Crippen LogP contribution < -0.4 is 11.1 Å². The van der Waals surface area contributed by atoms with Crippen LogP contribution >= 0.6 is 23.1 Å². The van der Waals surface area contributed by atoms with E-state index in [9.17, 15) is 37.5 Å². The summed E-state index contributed by atoms with van der Waals surface area (Å²) in [6.07, 6.45) is 0.0704. The Bertz CT molecular complexity index is 1350. The van der Waals surface area contributed by atoms with Gasteiger partial charge in [-0.15, -0.1) is 23.1 Å². The number of fused-ring (bicyclic) bond motifs is 1. The number of aliphatic carboxylic acids is 1. The van der Waals surface area contributed by atoms with E-state index < -0.39 is 47.8 Å². The molecule has 4 aliphatic rings. The van der Waals surface area contributed by atoms with Crippen molar-refractivity contribution in [1.29, 1.82) is 0 Å². The Morgan fingerprint density at radius 2 is 2.02 bits per heavy atom. The van der Waals surface area contributed by atoms with E-state index in [2.05, 4.69) is 15.5 Å². The van der Waals surface area contributed by atoms with Gasteiger partial charge in [0, 0.05) is 16.7 Å². The third-order valence-corrected chi connectivity index (χ3v) is 8.68. The van der Waals surface area contributed by atoms with Crippen LogP contribution in [0.3, 0.4) is 0 Å². The van der Waals surface area contributed by atoms with E-state index in [4.69, 9.17) is 10.6 Å². The lowest BCUT2D eigenvalue weighted by atomic mass is 9.99. The third kappa shape index (κ3) is 5.52. The maximum absolute atomic E-state index is 13.2. The van der Waals surface area contributed by atoms with Crippen molar-refractivity contribution in [2.75, 3.05) is 24.6 Å². The van der Waals surface area contributed by atoms with Gasteiger partial charge in [0.2, 0.25) is 0 Å². The van der Waals surface area contributed by atoms with Crippen LogP contribution in [0.4, 0.5) is 18.3 Å². The number of amides is 3. The average molecular weight is 601 g/mol. The molecule has 0 bridgehead atoms. The van der Waals surface area contributed by atoms with Crippen molar-refractivity contribution >= 4 is 57.6 Å². The minimum atomic E-state index is -4.55. The molecule has 2 saturated heterocycles. The highest BCUT2D eigenvalue weighted by Gasteiger charge is 2.54. The Labute approximate surface area is 233 Å². The maximum Gasteiger partial charge on any atom is 0.406 e. The number of thiazole rings is 1. The van der Waals surface area contributed by atoms with Crippen molar-refractivity contribution in [3.05, 3.63) is 34.0 Å². The lowest BCUT2D eigenvalue weighted by Crippen LogP contribution is -2.71. The predicted octanol–water partition coefficient (Wildman–Crippen LogP) is 1.46. The molecule has 0 aromatic carbocycles. The van der Waals surface area contributed by atoms with E-state index in [-0.39, 0.29) is 51.8 Å². The zero-order valence-electron chi connectivity index (χ0n) is 20.6. The number of nitrogens with zero attached hydrogens (tertiary/aromatic N) is 4. The summed E-state index contributed by atoms with van der Waals surface area (Å²) >= 11 is 2.24. The molecule has 17 heteroatoms. The van der Waals surface area contributed by atoms with Crippen LogP contribution in [0.1, 0.15) is 31.4 Å². The summed E-state index contributed by atoms with van der Waals surface area (Å²) in [5, 5.41) is 17.4. The number of nitrogen functional groups attached to an aromatic ring is 1. The summed E-state index contributed by atoms with van der Waals surface area (Å²) in [4.78, 5) is 61.6. The van der Waals surface area contributed by atoms with Gasteiger partial charge in [0.25, 0.3) is 17.7 Å². The van der Waals surface area contributed by atoms with Crippen molar-refractivity contribution in [2.45, 2.75) is 49.4 Å². The molecule has 0 unspecified atom stereocenters. The number of hydrogen-bond acceptors (Lipinski definition) is 10. The number of nitrogens with two attached hydrogens (primary N) is 1. The maximum atomic E-state index is 13.2. The van der Waals surface area contributed by atoms with E-state index in [0.29, 0.717) is 4.90 Å². The smallest absolute Gasteiger partial charge is 0.406 e. The summed E-state index contributed by atoms with van der Waals surface area (Å²) in [7, 11) is 0. The average Bonchev–Trinajstić information content (AvgIpc) is 3.57. The van der Waals surface area contributed by atoms with E-state index in [1.54, 1.807) is 0 Å². The molecular formula is C23H23F3N6O6S2. The van der Waals surface area contributed by atoms with Crippen LogP contribution in [0, 0.1) is 0 Å². The summed E-state index contributed by atoms with van der Waals surface area (Å²) in [6, 6.07) is -1.08. The van der Waals surface area contributed by atoms with Crippen LogP contribution in [-0.4, -0.2) is 91.8 Å². The van der Waals surface area contributed by atoms with Crippen molar-refractivity contribution < 1.29 is 42.3 Å². The highest BCUT2D eigenvalue weighted by molar-refractivity contribution is 8.00. The number of oxime groups is 1. The predicted molar refractivity (Wildman–Crippen MR) is 137 cm³/mol. The topological polar surface area (TPSA) is 168 Å². The molecule has 2 atom stereocenters. The van der Waals surface area contributed by atoms with Crippen molar-refractivity contribution in [2.24, 2.45) is 5.16 Å². The number of carboxylic acid groups (broad SMARTS) is 1. The number of β-lactam (4-membered cyclic amide) rings is 2. The number of aromatic nitrogens is 1. The molecule has 1 aromatic rings. The number of carbonyl (C=O) groups is 4. The van der Waals surface area contributed by atoms with Crippen molar-refractivity contribution in [1.82, 2.24) is 20.1 Å². The first-order valence-electron chi connectivity index (χ1n) is 12.2. The number of nitrogens with one attached hydrogen (secondary N) is 1. The van der Waals surface area contributed by atoms with Gasteiger partial charge in [-0.25, -0.2) is 9.78 Å². The molecule has 3 amide bonds. The molecule has 3 fully saturated rings. The molecule has 1 aliphatic carbocycles. The van der Waals surface area contributed by atoms with Gasteiger partial charge in [-0.1, -0.05) is 5.16 Å². The molecule has 1 aromatic heterocycles. The first-order valence-corrected chi connectivity index (χ1v) is 14.1. The van der Waals surface area contributed by atoms with E-state index >= 15 is 0 Å². The number of alkyl halides is 3. The molecule has 0 spiro atoms. The summed E-state index contributed by atoms with van der Waals surface area (Å²) in [5.74, 6) is -3.70. The monoisotopic (exact) mass is 600 g/mol. The third-order valence-electron chi connectivity index (χ3n) is 6.70. The molecule has 0 radical (unpaired) electrons. The second kappa shape index (κ2) is 10.8. The largest absolute Gasteiger partial charge is 0.477 e. The Morgan fingerprint density at radius 3 is 2.62 bits per heavy atom. The summed E-state index contributed by atoms with van der Waals surface area (Å²) in [5.41, 5.74) is 5.45. The number of rotatable bonds is 8. The van der Waals surface area contributed by atoms with Gasteiger partial charge in [0.15, 0.2) is 10.8 Å². The van der Waals surface area contributed by atoms with Crippen LogP contribution in [0.2, 0.25) is 0 Å². The Balaban J connectivity index is 1.31. The minimum Gasteiger partial charge on any atom is -0.477 e. The number of carboxylic acids is 1. The zero-order valence-corrected chi connectivity index (χ0v) is 22.3. The molecule has 40 heavy (non-hydrogen) atoms. The van der Waals surface area contributed by atoms with Crippen LogP contribution in [0.15, 0.2) is 33.5 Å². The number of halogens is 3. The molecule has 5 rings (SSSR count). The quantitative estimate of drug-likeness (QED) is 0.173. The van der Waals surface area contributed by atoms with E-state index in [0.717, 1.165) is 53.7 Å². The van der Waals surface area contributed by atoms with Crippen molar-refractivity contribution in [3.8, 4) is 0 Å². The van der Waals surface area contributed by atoms with Gasteiger partial charge in [-0.2, -0.15) is 13.2 Å². The Kier molecular flexibility index (Phi) is 7.52. The molecule has 4 heterocycles. The Morgan fingerprint density at radius 1 is 1.30 bits per heavy atom. The van der Waals surface area contributed by atoms with Gasteiger partial charge >= 0.3 is 12.1 Å². The molecular weight excluding hydrogens is 577 g/mol. The fraction of sp³-hybridized carbons (Fsp3) is 0.478. The number of likely N-dealkylation sites (tertiary alicyclic amines) is 1. The molecule has 3 aliphatic heterocycles. The van der Waals surface area contributed by atoms with E-state index in [1.165, 1.54) is 11.5 Å². The molecule has 1 saturated carbocycles. The molecule has 4 N–H and O–H groups in total. The fourth-order valence-corrected chi connectivity index (χ4v) is 6.66. The number of anilines is 1. The molecule has 214 valence electrons. The lowest BCUT2D eigenvalue weighted by Gasteiger charge is -2.49. The van der Waals surface area contributed by atoms with E-state index in [1.807, 2.05) is 0 Å². The minimum absolute atomic E-state index is 0.0144. The summed E-state index contributed by atoms with van der Waals surface area (Å²) < 4.78 is 37.8. The Hall–Kier alpha value is -3.60. The summed E-state index contributed by atoms with van der Waals surface area (Å²) in [6.45, 7) is -1.69. The SMILES string of the molecule is Nc1nc(/C(=N/OC2CCCC2)C(=O)N[C@@H]2C(=O)N3C(C(=O)O)=C(/C=C4\CN(CC(F)(F)F)C4=O)CS[C@H]23)cs1. The number of hydrogen-bond donors (Lipinski definition) is 3. The van der Waals surface area contributed by atoms with Crippen LogP contribution in [0.25, 0.3) is 0 Å². The zero-order chi connectivity index (χ0) is 28.8. The normalized spacial score (nSPS) is 24.7. The van der Waals surface area contributed by atoms with Gasteiger partial charge in [-0.05, 0) is 37.3 Å². The van der Waals surface area contributed by atoms with Gasteiger partial charge in [0.1, 0.15) is 35.5 Å². The second-order valence-electron chi connectivity index (χ2n) is 9.51. The highest BCUT2D eigenvalue weighted by Crippen LogP contribution is 2.41. The van der Waals surface area contributed by atoms with Gasteiger partial charge in [0.05, 0.1) is 6.54 Å². The fourth-order valence-electron chi connectivity index (χ4n) is 4.80. The number of carbonyl (C=O) groups excluding carboxylic acids is 3.